The molecule has 1 heteroatoms. The van der Waals surface area contributed by atoms with Crippen molar-refractivity contribution in [1.82, 2.24) is 0 Å². The first-order valence-corrected chi connectivity index (χ1v) is 8.33. The van der Waals surface area contributed by atoms with E-state index in [1.54, 1.807) is 0 Å². The van der Waals surface area contributed by atoms with Crippen LogP contribution >= 0.6 is 0 Å². The lowest BCUT2D eigenvalue weighted by Gasteiger charge is -2.28. The summed E-state index contributed by atoms with van der Waals surface area (Å²) in [4.78, 5) is 12.8. The predicted molar refractivity (Wildman–Crippen MR) is 72.0 cm³/mol. The molecule has 0 aromatic heterocycles. The third kappa shape index (κ3) is 1.55. The molecule has 0 aromatic carbocycles. The number of Topliss-reactive ketones (excluding diaryl/α,β-unsaturated/α-hetero) is 1. The quantitative estimate of drug-likeness (QED) is 0.734. The number of carbonyl (C=O) groups excluding carboxylic acids is 1. The molecule has 2 bridgehead atoms. The largest absolute Gasteiger partial charge is 0.299 e. The van der Waals surface area contributed by atoms with E-state index in [2.05, 4.69) is 6.92 Å². The Morgan fingerprint density at radius 2 is 1.72 bits per heavy atom. The second-order valence-electron chi connectivity index (χ2n) is 7.55. The Hall–Kier alpha value is -0.330. The lowest BCUT2D eigenvalue weighted by atomic mass is 9.76. The molecule has 4 aliphatic rings. The van der Waals surface area contributed by atoms with E-state index in [1.807, 2.05) is 0 Å². The van der Waals surface area contributed by atoms with Crippen molar-refractivity contribution in [3.63, 3.8) is 0 Å². The van der Waals surface area contributed by atoms with Crippen LogP contribution in [0.1, 0.15) is 58.3 Å². The molecule has 0 aliphatic heterocycles. The number of hydrogen-bond donors (Lipinski definition) is 0. The van der Waals surface area contributed by atoms with Crippen molar-refractivity contribution in [2.75, 3.05) is 0 Å². The lowest BCUT2D eigenvalue weighted by molar-refractivity contribution is -0.126. The Kier molecular flexibility index (Phi) is 2.61. The first-order valence-electron chi connectivity index (χ1n) is 8.33. The smallest absolute Gasteiger partial charge is 0.139 e. The average molecular weight is 246 g/mol. The fraction of sp³-hybridized carbons (Fsp3) is 0.941. The maximum Gasteiger partial charge on any atom is 0.139 e. The Morgan fingerprint density at radius 1 is 1.00 bits per heavy atom. The Labute approximate surface area is 111 Å². The molecule has 0 radical (unpaired) electrons. The summed E-state index contributed by atoms with van der Waals surface area (Å²) in [5.41, 5.74) is 0. The minimum absolute atomic E-state index is 0.457. The van der Waals surface area contributed by atoms with Gasteiger partial charge in [-0.3, -0.25) is 4.79 Å². The molecule has 0 saturated heterocycles. The molecule has 4 saturated carbocycles. The van der Waals surface area contributed by atoms with Crippen LogP contribution in [0.25, 0.3) is 0 Å². The van der Waals surface area contributed by atoms with Gasteiger partial charge in [-0.05, 0) is 61.7 Å². The van der Waals surface area contributed by atoms with Crippen LogP contribution in [0.4, 0.5) is 0 Å². The van der Waals surface area contributed by atoms with E-state index in [4.69, 9.17) is 0 Å². The van der Waals surface area contributed by atoms with Crippen molar-refractivity contribution >= 4 is 5.78 Å². The number of hydrogen-bond acceptors (Lipinski definition) is 1. The van der Waals surface area contributed by atoms with Crippen molar-refractivity contribution < 1.29 is 4.79 Å². The van der Waals surface area contributed by atoms with Gasteiger partial charge in [0, 0.05) is 11.8 Å². The monoisotopic (exact) mass is 246 g/mol. The van der Waals surface area contributed by atoms with Gasteiger partial charge in [0.25, 0.3) is 0 Å². The van der Waals surface area contributed by atoms with E-state index in [-0.39, 0.29) is 0 Å². The summed E-state index contributed by atoms with van der Waals surface area (Å²) in [5.74, 6) is 6.19. The second-order valence-corrected chi connectivity index (χ2v) is 7.55. The molecular formula is C17H26O. The van der Waals surface area contributed by atoms with Crippen LogP contribution in [0.15, 0.2) is 0 Å². The Balaban J connectivity index is 1.42. The molecule has 1 nitrogen and oxygen atoms in total. The van der Waals surface area contributed by atoms with Gasteiger partial charge >= 0.3 is 0 Å². The van der Waals surface area contributed by atoms with Gasteiger partial charge in [-0.25, -0.2) is 0 Å². The molecular weight excluding hydrogens is 220 g/mol. The van der Waals surface area contributed by atoms with Crippen LogP contribution in [0.3, 0.4) is 0 Å². The zero-order chi connectivity index (χ0) is 12.3. The van der Waals surface area contributed by atoms with Gasteiger partial charge in [-0.2, -0.15) is 0 Å². The maximum absolute atomic E-state index is 12.8. The summed E-state index contributed by atoms with van der Waals surface area (Å²) in [6.45, 7) is 2.30. The molecule has 6 unspecified atom stereocenters. The van der Waals surface area contributed by atoms with Crippen LogP contribution in [-0.4, -0.2) is 5.78 Å². The highest BCUT2D eigenvalue weighted by Gasteiger charge is 2.67. The fourth-order valence-electron chi connectivity index (χ4n) is 5.90. The highest BCUT2D eigenvalue weighted by atomic mass is 16.1. The van der Waals surface area contributed by atoms with Crippen molar-refractivity contribution in [3.05, 3.63) is 0 Å². The van der Waals surface area contributed by atoms with Gasteiger partial charge in [0.05, 0.1) is 0 Å². The first kappa shape index (κ1) is 11.5. The molecule has 0 amide bonds. The van der Waals surface area contributed by atoms with Gasteiger partial charge in [0.2, 0.25) is 0 Å². The zero-order valence-electron chi connectivity index (χ0n) is 11.6. The van der Waals surface area contributed by atoms with Crippen LogP contribution in [0.2, 0.25) is 0 Å². The highest BCUT2D eigenvalue weighted by molar-refractivity contribution is 5.87. The van der Waals surface area contributed by atoms with Crippen molar-refractivity contribution in [3.8, 4) is 0 Å². The predicted octanol–water partition coefficient (Wildman–Crippen LogP) is 4.06. The molecule has 0 aromatic rings. The van der Waals surface area contributed by atoms with E-state index >= 15 is 0 Å². The molecule has 6 atom stereocenters. The Morgan fingerprint density at radius 3 is 2.39 bits per heavy atom. The van der Waals surface area contributed by atoms with Gasteiger partial charge < -0.3 is 0 Å². The topological polar surface area (TPSA) is 17.1 Å². The minimum atomic E-state index is 0.457. The van der Waals surface area contributed by atoms with Gasteiger partial charge in [-0.1, -0.05) is 26.2 Å². The molecule has 100 valence electrons. The number of ketones is 1. The van der Waals surface area contributed by atoms with Crippen LogP contribution < -0.4 is 0 Å². The van der Waals surface area contributed by atoms with Crippen LogP contribution in [0.5, 0.6) is 0 Å². The Bertz CT molecular complexity index is 345. The number of rotatable bonds is 3. The molecule has 18 heavy (non-hydrogen) atoms. The maximum atomic E-state index is 12.8. The molecule has 0 N–H and O–H groups in total. The third-order valence-electron chi connectivity index (χ3n) is 6.83. The van der Waals surface area contributed by atoms with Crippen LogP contribution in [-0.2, 0) is 4.79 Å². The van der Waals surface area contributed by atoms with E-state index in [0.29, 0.717) is 17.6 Å². The molecule has 0 heterocycles. The van der Waals surface area contributed by atoms with E-state index in [1.165, 1.54) is 51.4 Å². The standard InChI is InChI=1S/C17H26O/c1-2-10-4-3-5-13(8-10)17(18)16-14-11-6-7-12(9-11)15(14)16/h10-16H,2-9H2,1H3. The minimum Gasteiger partial charge on any atom is -0.299 e. The highest BCUT2D eigenvalue weighted by Crippen LogP contribution is 2.70. The van der Waals surface area contributed by atoms with Crippen molar-refractivity contribution in [1.29, 1.82) is 0 Å². The summed E-state index contributed by atoms with van der Waals surface area (Å²) < 4.78 is 0. The molecule has 4 fully saturated rings. The fourth-order valence-corrected chi connectivity index (χ4v) is 5.90. The summed E-state index contributed by atoms with van der Waals surface area (Å²) >= 11 is 0. The van der Waals surface area contributed by atoms with Gasteiger partial charge in [-0.15, -0.1) is 0 Å². The molecule has 4 rings (SSSR count). The van der Waals surface area contributed by atoms with Crippen molar-refractivity contribution in [2.45, 2.75) is 58.3 Å². The first-order chi connectivity index (χ1) is 8.79. The zero-order valence-corrected chi connectivity index (χ0v) is 11.6. The normalized spacial score (nSPS) is 53.3. The summed E-state index contributed by atoms with van der Waals surface area (Å²) in [7, 11) is 0. The van der Waals surface area contributed by atoms with Gasteiger partial charge in [0.1, 0.15) is 5.78 Å². The summed E-state index contributed by atoms with van der Waals surface area (Å²) in [5, 5.41) is 0. The summed E-state index contributed by atoms with van der Waals surface area (Å²) in [6.07, 6.45) is 10.8. The van der Waals surface area contributed by atoms with Gasteiger partial charge in [0.15, 0.2) is 0 Å². The molecule has 0 spiro atoms. The van der Waals surface area contributed by atoms with E-state index < -0.39 is 0 Å². The van der Waals surface area contributed by atoms with Crippen LogP contribution in [0, 0.1) is 41.4 Å². The SMILES string of the molecule is CCC1CCCC(C(=O)C2C3C4CCC(C4)C23)C1. The van der Waals surface area contributed by atoms with E-state index in [9.17, 15) is 4.79 Å². The third-order valence-corrected chi connectivity index (χ3v) is 6.83. The summed E-state index contributed by atoms with van der Waals surface area (Å²) in [6, 6.07) is 0. The lowest BCUT2D eigenvalue weighted by Crippen LogP contribution is -2.26. The van der Waals surface area contributed by atoms with E-state index in [0.717, 1.165) is 29.6 Å². The second kappa shape index (κ2) is 4.08. The average Bonchev–Trinajstić information content (AvgIpc) is 2.85. The number of fused-ring (bicyclic) bond motifs is 5. The number of carbonyl (C=O) groups is 1. The van der Waals surface area contributed by atoms with Crippen molar-refractivity contribution in [2.24, 2.45) is 41.4 Å². The molecule has 4 aliphatic carbocycles.